The van der Waals surface area contributed by atoms with Crippen molar-refractivity contribution in [1.29, 1.82) is 0 Å². The molecule has 1 aromatic rings. The molecule has 0 aliphatic rings. The highest BCUT2D eigenvalue weighted by Crippen LogP contribution is 2.23. The molecule has 0 spiro atoms. The predicted molar refractivity (Wildman–Crippen MR) is 69.6 cm³/mol. The third kappa shape index (κ3) is 3.41. The molecule has 0 heterocycles. The van der Waals surface area contributed by atoms with Crippen LogP contribution in [-0.2, 0) is 16.5 Å². The highest BCUT2D eigenvalue weighted by molar-refractivity contribution is 7.85. The average Bonchev–Trinajstić information content (AvgIpc) is 2.14. The first-order valence-electron chi connectivity index (χ1n) is 5.49. The van der Waals surface area contributed by atoms with Gasteiger partial charge in [-0.1, -0.05) is 32.6 Å². The number of hydrogen-bond donors (Lipinski definition) is 1. The molecule has 3 nitrogen and oxygen atoms in total. The first kappa shape index (κ1) is 13.9. The molecule has 94 valence electrons. The van der Waals surface area contributed by atoms with E-state index in [4.69, 9.17) is 4.55 Å². The van der Waals surface area contributed by atoms with Crippen molar-refractivity contribution in [3.63, 3.8) is 0 Å². The molecule has 0 saturated carbocycles. The summed E-state index contributed by atoms with van der Waals surface area (Å²) in [6.45, 7) is 9.55. The average molecular weight is 254 g/mol. The molecule has 1 rings (SSSR count). The van der Waals surface area contributed by atoms with E-state index in [0.29, 0.717) is 11.5 Å². The third-order valence-corrected chi connectivity index (χ3v) is 3.56. The van der Waals surface area contributed by atoms with Gasteiger partial charge in [0.25, 0.3) is 10.1 Å². The molecule has 1 N–H and O–H groups in total. The van der Waals surface area contributed by atoms with Crippen LogP contribution in [-0.4, -0.2) is 13.0 Å². The fourth-order valence-electron chi connectivity index (χ4n) is 1.85. The molecule has 0 radical (unpaired) electrons. The molecule has 0 bridgehead atoms. The Morgan fingerprint density at radius 1 is 1.41 bits per heavy atom. The van der Waals surface area contributed by atoms with E-state index in [0.717, 1.165) is 17.5 Å². The minimum absolute atomic E-state index is 0.0418. The van der Waals surface area contributed by atoms with Crippen molar-refractivity contribution in [3.05, 3.63) is 35.4 Å². The van der Waals surface area contributed by atoms with Gasteiger partial charge in [0, 0.05) is 0 Å². The molecule has 0 aliphatic carbocycles. The van der Waals surface area contributed by atoms with Crippen LogP contribution < -0.4 is 0 Å². The Morgan fingerprint density at radius 3 is 2.41 bits per heavy atom. The summed E-state index contributed by atoms with van der Waals surface area (Å²) < 4.78 is 31.5. The van der Waals surface area contributed by atoms with Crippen molar-refractivity contribution in [1.82, 2.24) is 0 Å². The second-order valence-electron chi connectivity index (χ2n) is 4.59. The lowest BCUT2D eigenvalue weighted by Gasteiger charge is -2.12. The molecule has 0 fully saturated rings. The Bertz CT molecular complexity index is 528. The summed E-state index contributed by atoms with van der Waals surface area (Å²) in [5.41, 5.74) is 2.38. The molecular weight excluding hydrogens is 236 g/mol. The van der Waals surface area contributed by atoms with Gasteiger partial charge in [-0.25, -0.2) is 0 Å². The first-order chi connectivity index (χ1) is 7.75. The van der Waals surface area contributed by atoms with Crippen LogP contribution in [0.25, 0.3) is 6.08 Å². The molecule has 4 heteroatoms. The summed E-state index contributed by atoms with van der Waals surface area (Å²) in [5.74, 6) is 0.477. The number of benzene rings is 1. The Morgan fingerprint density at radius 2 is 2.00 bits per heavy atom. The molecule has 0 aromatic heterocycles. The van der Waals surface area contributed by atoms with Crippen LogP contribution in [0.5, 0.6) is 0 Å². The van der Waals surface area contributed by atoms with Gasteiger partial charge in [0.1, 0.15) is 0 Å². The van der Waals surface area contributed by atoms with Crippen LogP contribution in [0.15, 0.2) is 23.6 Å². The van der Waals surface area contributed by atoms with E-state index in [-0.39, 0.29) is 4.90 Å². The van der Waals surface area contributed by atoms with Crippen LogP contribution in [0, 0.1) is 12.8 Å². The maximum absolute atomic E-state index is 11.2. The summed E-state index contributed by atoms with van der Waals surface area (Å²) in [5, 5.41) is 0. The quantitative estimate of drug-likeness (QED) is 0.840. The molecule has 0 atom stereocenters. The van der Waals surface area contributed by atoms with Crippen LogP contribution in [0.4, 0.5) is 0 Å². The van der Waals surface area contributed by atoms with E-state index < -0.39 is 10.1 Å². The van der Waals surface area contributed by atoms with E-state index in [1.807, 2.05) is 0 Å². The Kier molecular flexibility index (Phi) is 4.11. The smallest absolute Gasteiger partial charge is 0.282 e. The summed E-state index contributed by atoms with van der Waals surface area (Å²) >= 11 is 0. The molecule has 0 saturated heterocycles. The van der Waals surface area contributed by atoms with Gasteiger partial charge in [-0.05, 0) is 42.0 Å². The zero-order valence-electron chi connectivity index (χ0n) is 10.4. The van der Waals surface area contributed by atoms with Crippen LogP contribution >= 0.6 is 0 Å². The topological polar surface area (TPSA) is 54.4 Å². The second-order valence-corrected chi connectivity index (χ2v) is 5.98. The highest BCUT2D eigenvalue weighted by Gasteiger charge is 2.15. The minimum atomic E-state index is -4.16. The zero-order valence-corrected chi connectivity index (χ0v) is 11.2. The van der Waals surface area contributed by atoms with Crippen molar-refractivity contribution < 1.29 is 13.0 Å². The maximum atomic E-state index is 11.2. The van der Waals surface area contributed by atoms with E-state index in [1.165, 1.54) is 6.07 Å². The fourth-order valence-corrected chi connectivity index (χ4v) is 2.59. The van der Waals surface area contributed by atoms with Gasteiger partial charge in [-0.3, -0.25) is 4.55 Å². The van der Waals surface area contributed by atoms with Gasteiger partial charge >= 0.3 is 0 Å². The monoisotopic (exact) mass is 254 g/mol. The van der Waals surface area contributed by atoms with Gasteiger partial charge in [0.05, 0.1) is 4.90 Å². The number of aryl methyl sites for hydroxylation is 1. The van der Waals surface area contributed by atoms with Crippen LogP contribution in [0.3, 0.4) is 0 Å². The van der Waals surface area contributed by atoms with Crippen LogP contribution in [0.1, 0.15) is 30.5 Å². The Balaban J connectivity index is 3.40. The van der Waals surface area contributed by atoms with Crippen molar-refractivity contribution in [3.8, 4) is 0 Å². The maximum Gasteiger partial charge on any atom is 0.294 e. The minimum Gasteiger partial charge on any atom is -0.282 e. The fraction of sp³-hybridized carbons (Fsp3) is 0.385. The predicted octanol–water partition coefficient (Wildman–Crippen LogP) is 3.08. The Labute approximate surface area is 103 Å². The molecule has 0 aliphatic heterocycles. The van der Waals surface area contributed by atoms with Crippen molar-refractivity contribution in [2.45, 2.75) is 32.1 Å². The van der Waals surface area contributed by atoms with Gasteiger partial charge < -0.3 is 0 Å². The SMILES string of the molecule is C=Cc1cc(S(=O)(=O)O)c(C)cc1CC(C)C. The molecule has 17 heavy (non-hydrogen) atoms. The standard InChI is InChI=1S/C13H18O3S/c1-5-11-8-13(17(14,15)16)10(4)7-12(11)6-9(2)3/h5,7-9H,1,6H2,2-4H3,(H,14,15,16). The largest absolute Gasteiger partial charge is 0.294 e. The summed E-state index contributed by atoms with van der Waals surface area (Å²) in [6.07, 6.45) is 2.47. The highest BCUT2D eigenvalue weighted by atomic mass is 32.2. The molecular formula is C13H18O3S. The van der Waals surface area contributed by atoms with Gasteiger partial charge in [0.15, 0.2) is 0 Å². The van der Waals surface area contributed by atoms with E-state index in [1.54, 1.807) is 19.1 Å². The first-order valence-corrected chi connectivity index (χ1v) is 6.93. The lowest BCUT2D eigenvalue weighted by molar-refractivity contribution is 0.482. The third-order valence-electron chi connectivity index (χ3n) is 2.56. The lowest BCUT2D eigenvalue weighted by atomic mass is 9.96. The van der Waals surface area contributed by atoms with Crippen molar-refractivity contribution in [2.75, 3.05) is 0 Å². The van der Waals surface area contributed by atoms with Gasteiger partial charge in [-0.15, -0.1) is 0 Å². The summed E-state index contributed by atoms with van der Waals surface area (Å²) in [4.78, 5) is -0.0418. The van der Waals surface area contributed by atoms with Crippen LogP contribution in [0.2, 0.25) is 0 Å². The van der Waals surface area contributed by atoms with E-state index in [2.05, 4.69) is 20.4 Å². The van der Waals surface area contributed by atoms with Gasteiger partial charge in [0.2, 0.25) is 0 Å². The second kappa shape index (κ2) is 5.02. The van der Waals surface area contributed by atoms with Crippen molar-refractivity contribution >= 4 is 16.2 Å². The Hall–Kier alpha value is -1.13. The molecule has 0 unspecified atom stereocenters. The normalized spacial score (nSPS) is 11.8. The number of rotatable bonds is 4. The van der Waals surface area contributed by atoms with Gasteiger partial charge in [-0.2, -0.15) is 8.42 Å². The molecule has 0 amide bonds. The summed E-state index contributed by atoms with van der Waals surface area (Å²) in [6, 6.07) is 3.29. The number of hydrogen-bond acceptors (Lipinski definition) is 2. The van der Waals surface area contributed by atoms with E-state index >= 15 is 0 Å². The lowest BCUT2D eigenvalue weighted by Crippen LogP contribution is -2.05. The molecule has 1 aromatic carbocycles. The summed E-state index contributed by atoms with van der Waals surface area (Å²) in [7, 11) is -4.16. The van der Waals surface area contributed by atoms with E-state index in [9.17, 15) is 8.42 Å². The zero-order chi connectivity index (χ0) is 13.2. The van der Waals surface area contributed by atoms with Crippen molar-refractivity contribution in [2.24, 2.45) is 5.92 Å².